The van der Waals surface area contributed by atoms with Gasteiger partial charge in [0, 0.05) is 25.9 Å². The number of carbonyl (C=O) groups excluding carboxylic acids is 2. The second-order valence-electron chi connectivity index (χ2n) is 10.2. The van der Waals surface area contributed by atoms with E-state index in [1.807, 2.05) is 0 Å². The molecule has 8 nitrogen and oxygen atoms in total. The molecule has 200 valence electrons. The summed E-state index contributed by atoms with van der Waals surface area (Å²) in [6, 6.07) is 8.08. The molecule has 0 amide bonds. The zero-order chi connectivity index (χ0) is 26.7. The molecule has 37 heavy (non-hydrogen) atoms. The summed E-state index contributed by atoms with van der Waals surface area (Å²) in [7, 11) is 2.81. The smallest absolute Gasteiger partial charge is 0.323 e. The minimum absolute atomic E-state index is 0.0665. The quantitative estimate of drug-likeness (QED) is 0.524. The van der Waals surface area contributed by atoms with Crippen molar-refractivity contribution in [2.75, 3.05) is 27.3 Å². The fourth-order valence-electron chi connectivity index (χ4n) is 5.45. The maximum atomic E-state index is 11.8. The second-order valence-corrected chi connectivity index (χ2v) is 10.2. The third-order valence-corrected chi connectivity index (χ3v) is 7.17. The Kier molecular flexibility index (Phi) is 8.39. The van der Waals surface area contributed by atoms with Crippen LogP contribution >= 0.6 is 0 Å². The first-order valence-electron chi connectivity index (χ1n) is 12.8. The van der Waals surface area contributed by atoms with Crippen molar-refractivity contribution in [2.24, 2.45) is 0 Å². The number of ether oxygens (including phenoxy) is 4. The number of hydrogen-bond donors (Lipinski definition) is 2. The van der Waals surface area contributed by atoms with Crippen LogP contribution in [0.2, 0.25) is 0 Å². The standard InChI is InChI=1S/C29H38N2O6/c1-16-7-20(8-17(2)26(16)36-22-12-24(30-14-22)28(32)34-5)11-21-9-18(3)27(19(4)10-21)37-23-13-25(31-15-23)29(33)35-6/h7-10,22-25,30-31H,11-15H2,1-6H3/t22-,23-,24-,25-/m0/s1. The van der Waals surface area contributed by atoms with Gasteiger partial charge in [0.25, 0.3) is 0 Å². The molecule has 0 aromatic heterocycles. The van der Waals surface area contributed by atoms with E-state index in [1.54, 1.807) is 0 Å². The molecule has 2 heterocycles. The third kappa shape index (κ3) is 6.25. The number of hydrogen-bond acceptors (Lipinski definition) is 8. The van der Waals surface area contributed by atoms with Gasteiger partial charge < -0.3 is 29.6 Å². The topological polar surface area (TPSA) is 95.1 Å². The molecule has 0 bridgehead atoms. The molecular formula is C29H38N2O6. The molecule has 0 spiro atoms. The van der Waals surface area contributed by atoms with Crippen molar-refractivity contribution in [2.45, 2.75) is 71.2 Å². The van der Waals surface area contributed by atoms with Gasteiger partial charge in [-0.05, 0) is 67.5 Å². The Morgan fingerprint density at radius 2 is 1.05 bits per heavy atom. The summed E-state index contributed by atoms with van der Waals surface area (Å²) in [5.74, 6) is 1.27. The Morgan fingerprint density at radius 3 is 1.38 bits per heavy atom. The maximum absolute atomic E-state index is 11.8. The highest BCUT2D eigenvalue weighted by atomic mass is 16.5. The average Bonchev–Trinajstić information content (AvgIpc) is 3.52. The summed E-state index contributed by atoms with van der Waals surface area (Å²) >= 11 is 0. The van der Waals surface area contributed by atoms with Crippen LogP contribution in [0.4, 0.5) is 0 Å². The van der Waals surface area contributed by atoms with E-state index in [0.29, 0.717) is 25.9 Å². The van der Waals surface area contributed by atoms with Crippen LogP contribution in [0.25, 0.3) is 0 Å². The van der Waals surface area contributed by atoms with Crippen molar-refractivity contribution in [1.29, 1.82) is 0 Å². The van der Waals surface area contributed by atoms with E-state index in [9.17, 15) is 9.59 Å². The molecule has 0 radical (unpaired) electrons. The lowest BCUT2D eigenvalue weighted by Gasteiger charge is -2.20. The van der Waals surface area contributed by atoms with Crippen LogP contribution in [0.1, 0.15) is 46.2 Å². The number of aryl methyl sites for hydroxylation is 4. The Hall–Kier alpha value is -3.10. The molecular weight excluding hydrogens is 472 g/mol. The summed E-state index contributed by atoms with van der Waals surface area (Å²) in [4.78, 5) is 23.6. The van der Waals surface area contributed by atoms with E-state index < -0.39 is 0 Å². The molecule has 2 aromatic rings. The average molecular weight is 511 g/mol. The summed E-state index contributed by atoms with van der Waals surface area (Å²) in [6.45, 7) is 9.50. The van der Waals surface area contributed by atoms with Gasteiger partial charge in [-0.25, -0.2) is 0 Å². The Balaban J connectivity index is 1.41. The van der Waals surface area contributed by atoms with Gasteiger partial charge in [-0.2, -0.15) is 0 Å². The van der Waals surface area contributed by atoms with Crippen LogP contribution in [0.5, 0.6) is 11.5 Å². The fourth-order valence-corrected chi connectivity index (χ4v) is 5.45. The highest BCUT2D eigenvalue weighted by Crippen LogP contribution is 2.31. The zero-order valence-corrected chi connectivity index (χ0v) is 22.6. The predicted octanol–water partition coefficient (Wildman–Crippen LogP) is 3.08. The molecule has 0 saturated carbocycles. The van der Waals surface area contributed by atoms with Gasteiger partial charge in [-0.15, -0.1) is 0 Å². The lowest BCUT2D eigenvalue weighted by Crippen LogP contribution is -2.31. The van der Waals surface area contributed by atoms with Crippen LogP contribution in [0, 0.1) is 27.7 Å². The number of carbonyl (C=O) groups is 2. The van der Waals surface area contributed by atoms with Crippen molar-refractivity contribution < 1.29 is 28.5 Å². The molecule has 0 aliphatic carbocycles. The first-order chi connectivity index (χ1) is 17.7. The number of nitrogens with one attached hydrogen (secondary N) is 2. The number of benzene rings is 2. The van der Waals surface area contributed by atoms with Crippen molar-refractivity contribution in [1.82, 2.24) is 10.6 Å². The van der Waals surface area contributed by atoms with Crippen molar-refractivity contribution >= 4 is 11.9 Å². The molecule has 2 aliphatic rings. The monoisotopic (exact) mass is 510 g/mol. The first-order valence-corrected chi connectivity index (χ1v) is 12.8. The largest absolute Gasteiger partial charge is 0.488 e. The van der Waals surface area contributed by atoms with Gasteiger partial charge >= 0.3 is 11.9 Å². The molecule has 4 rings (SSSR count). The normalized spacial score (nSPS) is 23.1. The minimum Gasteiger partial charge on any atom is -0.488 e. The van der Waals surface area contributed by atoms with Crippen LogP contribution in [-0.4, -0.2) is 63.5 Å². The van der Waals surface area contributed by atoms with Gasteiger partial charge in [-0.1, -0.05) is 24.3 Å². The zero-order valence-electron chi connectivity index (χ0n) is 22.6. The second kappa shape index (κ2) is 11.5. The minimum atomic E-state index is -0.312. The lowest BCUT2D eigenvalue weighted by atomic mass is 9.97. The van der Waals surface area contributed by atoms with Crippen molar-refractivity contribution in [3.8, 4) is 11.5 Å². The molecule has 2 N–H and O–H groups in total. The molecule has 2 aromatic carbocycles. The molecule has 2 fully saturated rings. The highest BCUT2D eigenvalue weighted by molar-refractivity contribution is 5.76. The van der Waals surface area contributed by atoms with E-state index in [1.165, 1.54) is 25.3 Å². The van der Waals surface area contributed by atoms with E-state index >= 15 is 0 Å². The summed E-state index contributed by atoms with van der Waals surface area (Å²) in [5.41, 5.74) is 6.76. The van der Waals surface area contributed by atoms with E-state index in [4.69, 9.17) is 18.9 Å². The maximum Gasteiger partial charge on any atom is 0.323 e. The van der Waals surface area contributed by atoms with Gasteiger partial charge in [0.05, 0.1) is 14.2 Å². The van der Waals surface area contributed by atoms with Crippen LogP contribution < -0.4 is 20.1 Å². The third-order valence-electron chi connectivity index (χ3n) is 7.17. The van der Waals surface area contributed by atoms with Gasteiger partial charge in [0.15, 0.2) is 0 Å². The number of methoxy groups -OCH3 is 2. The molecule has 2 saturated heterocycles. The van der Waals surface area contributed by atoms with Gasteiger partial charge in [0.1, 0.15) is 35.8 Å². The molecule has 0 unspecified atom stereocenters. The van der Waals surface area contributed by atoms with E-state index in [0.717, 1.165) is 40.2 Å². The summed E-state index contributed by atoms with van der Waals surface area (Å²) in [5, 5.41) is 6.35. The van der Waals surface area contributed by atoms with Crippen molar-refractivity contribution in [3.63, 3.8) is 0 Å². The van der Waals surface area contributed by atoms with E-state index in [-0.39, 0.29) is 36.2 Å². The van der Waals surface area contributed by atoms with Crippen LogP contribution in [0.3, 0.4) is 0 Å². The Labute approximate surface area is 219 Å². The van der Waals surface area contributed by atoms with Gasteiger partial charge in [-0.3, -0.25) is 9.59 Å². The molecule has 2 aliphatic heterocycles. The lowest BCUT2D eigenvalue weighted by molar-refractivity contribution is -0.143. The fraction of sp³-hybridized carbons (Fsp3) is 0.517. The first kappa shape index (κ1) is 26.9. The van der Waals surface area contributed by atoms with Crippen molar-refractivity contribution in [3.05, 3.63) is 57.6 Å². The van der Waals surface area contributed by atoms with Gasteiger partial charge in [0.2, 0.25) is 0 Å². The van der Waals surface area contributed by atoms with Crippen LogP contribution in [0.15, 0.2) is 24.3 Å². The predicted molar refractivity (Wildman–Crippen MR) is 140 cm³/mol. The number of rotatable bonds is 8. The van der Waals surface area contributed by atoms with E-state index in [2.05, 4.69) is 62.6 Å². The molecule has 8 heteroatoms. The molecule has 4 atom stereocenters. The summed E-state index contributed by atoms with van der Waals surface area (Å²) in [6.07, 6.45) is 1.86. The summed E-state index contributed by atoms with van der Waals surface area (Å²) < 4.78 is 22.3. The SMILES string of the molecule is COC(=O)[C@@H]1C[C@H](Oc2c(C)cc(Cc3cc(C)c(O[C@@H]4CN[C@H](C(=O)OC)C4)c(C)c3)cc2C)CN1. The number of esters is 2. The Bertz CT molecular complexity index is 1030. The van der Waals surface area contributed by atoms with Crippen LogP contribution in [-0.2, 0) is 25.5 Å². The Morgan fingerprint density at radius 1 is 0.703 bits per heavy atom. The highest BCUT2D eigenvalue weighted by Gasteiger charge is 2.33.